The molecule has 24 heavy (non-hydrogen) atoms. The zero-order valence-electron chi connectivity index (χ0n) is 12.6. The van der Waals surface area contributed by atoms with Crippen LogP contribution in [0.2, 0.25) is 0 Å². The van der Waals surface area contributed by atoms with Gasteiger partial charge in [-0.05, 0) is 59.2 Å². The van der Waals surface area contributed by atoms with Gasteiger partial charge in [0.2, 0.25) is 5.91 Å². The first kappa shape index (κ1) is 16.8. The van der Waals surface area contributed by atoms with Crippen molar-refractivity contribution in [1.82, 2.24) is 9.66 Å². The average molecular weight is 453 g/mol. The van der Waals surface area contributed by atoms with Gasteiger partial charge in [-0.3, -0.25) is 19.8 Å². The van der Waals surface area contributed by atoms with E-state index in [4.69, 9.17) is 0 Å². The second-order valence-corrected chi connectivity index (χ2v) is 7.32. The number of nitrogens with one attached hydrogen (secondary N) is 1. The second-order valence-electron chi connectivity index (χ2n) is 5.13. The molecule has 0 fully saturated rings. The van der Waals surface area contributed by atoms with E-state index in [9.17, 15) is 14.4 Å². The van der Waals surface area contributed by atoms with Crippen molar-refractivity contribution in [3.8, 4) is 10.7 Å². The highest BCUT2D eigenvalue weighted by Gasteiger charge is 2.16. The molecule has 0 aliphatic heterocycles. The third-order valence-electron chi connectivity index (χ3n) is 3.22. The SMILES string of the molecule is CC(=O)CC(=O)Nn1c(-c2cccs2)nc2ccc(I)cc2c1=O. The summed E-state index contributed by atoms with van der Waals surface area (Å²) in [4.78, 5) is 41.2. The number of amides is 1. The molecule has 0 unspecified atom stereocenters. The summed E-state index contributed by atoms with van der Waals surface area (Å²) in [7, 11) is 0. The highest BCUT2D eigenvalue weighted by molar-refractivity contribution is 14.1. The van der Waals surface area contributed by atoms with Gasteiger partial charge in [-0.15, -0.1) is 11.3 Å². The van der Waals surface area contributed by atoms with Crippen LogP contribution in [0.3, 0.4) is 0 Å². The van der Waals surface area contributed by atoms with Crippen molar-refractivity contribution in [1.29, 1.82) is 0 Å². The topological polar surface area (TPSA) is 81.1 Å². The van der Waals surface area contributed by atoms with Gasteiger partial charge in [-0.2, -0.15) is 4.68 Å². The summed E-state index contributed by atoms with van der Waals surface area (Å²) < 4.78 is 2.01. The maximum absolute atomic E-state index is 12.8. The number of carbonyl (C=O) groups is 2. The Labute approximate surface area is 154 Å². The van der Waals surface area contributed by atoms with Crippen LogP contribution in [0.1, 0.15) is 13.3 Å². The minimum absolute atomic E-state index is 0.276. The number of Topliss-reactive ketones (excluding diaryl/α,β-unsaturated/α-hetero) is 1. The molecular weight excluding hydrogens is 441 g/mol. The Kier molecular flexibility index (Phi) is 4.76. The molecule has 1 amide bonds. The molecule has 122 valence electrons. The molecule has 1 N–H and O–H groups in total. The van der Waals surface area contributed by atoms with Gasteiger partial charge in [0.1, 0.15) is 5.78 Å². The lowest BCUT2D eigenvalue weighted by atomic mass is 10.2. The third-order valence-corrected chi connectivity index (χ3v) is 4.75. The van der Waals surface area contributed by atoms with Crippen molar-refractivity contribution in [2.45, 2.75) is 13.3 Å². The Morgan fingerprint density at radius 3 is 2.79 bits per heavy atom. The normalized spacial score (nSPS) is 10.8. The van der Waals surface area contributed by atoms with E-state index in [2.05, 4.69) is 33.0 Å². The van der Waals surface area contributed by atoms with E-state index >= 15 is 0 Å². The minimum atomic E-state index is -0.547. The highest BCUT2D eigenvalue weighted by atomic mass is 127. The van der Waals surface area contributed by atoms with Crippen molar-refractivity contribution in [3.63, 3.8) is 0 Å². The number of nitrogens with zero attached hydrogens (tertiary/aromatic N) is 2. The summed E-state index contributed by atoms with van der Waals surface area (Å²) in [6.45, 7) is 1.32. The Morgan fingerprint density at radius 1 is 1.33 bits per heavy atom. The zero-order valence-corrected chi connectivity index (χ0v) is 15.6. The molecule has 3 rings (SSSR count). The van der Waals surface area contributed by atoms with Gasteiger partial charge >= 0.3 is 0 Å². The molecule has 0 bridgehead atoms. The van der Waals surface area contributed by atoms with Crippen LogP contribution in [0.15, 0.2) is 40.5 Å². The smallest absolute Gasteiger partial charge is 0.280 e. The molecule has 0 saturated heterocycles. The summed E-state index contributed by atoms with van der Waals surface area (Å²) in [5, 5.41) is 2.27. The van der Waals surface area contributed by atoms with Crippen molar-refractivity contribution < 1.29 is 9.59 Å². The number of carbonyl (C=O) groups excluding carboxylic acids is 2. The highest BCUT2D eigenvalue weighted by Crippen LogP contribution is 2.23. The first-order valence-corrected chi connectivity index (χ1v) is 8.97. The van der Waals surface area contributed by atoms with Crippen LogP contribution in [-0.4, -0.2) is 21.4 Å². The number of hydrogen-bond donors (Lipinski definition) is 1. The summed E-state index contributed by atoms with van der Waals surface area (Å²) in [6.07, 6.45) is -0.291. The lowest BCUT2D eigenvalue weighted by Gasteiger charge is -2.13. The van der Waals surface area contributed by atoms with Gasteiger partial charge < -0.3 is 0 Å². The molecule has 8 heteroatoms. The number of benzene rings is 1. The van der Waals surface area contributed by atoms with Crippen LogP contribution >= 0.6 is 33.9 Å². The van der Waals surface area contributed by atoms with Crippen LogP contribution in [0.25, 0.3) is 21.6 Å². The molecular formula is C16H12IN3O3S. The van der Waals surface area contributed by atoms with E-state index in [0.717, 1.165) is 13.1 Å². The maximum Gasteiger partial charge on any atom is 0.280 e. The van der Waals surface area contributed by atoms with Crippen LogP contribution in [0, 0.1) is 3.57 Å². The van der Waals surface area contributed by atoms with Crippen molar-refractivity contribution in [2.75, 3.05) is 5.43 Å². The van der Waals surface area contributed by atoms with Gasteiger partial charge in [-0.1, -0.05) is 6.07 Å². The predicted molar refractivity (Wildman–Crippen MR) is 102 cm³/mol. The van der Waals surface area contributed by atoms with Crippen LogP contribution < -0.4 is 11.0 Å². The van der Waals surface area contributed by atoms with Crippen molar-refractivity contribution in [3.05, 3.63) is 49.6 Å². The molecule has 2 aromatic heterocycles. The van der Waals surface area contributed by atoms with Crippen molar-refractivity contribution in [2.24, 2.45) is 0 Å². The van der Waals surface area contributed by atoms with Gasteiger partial charge in [0.25, 0.3) is 5.56 Å². The fourth-order valence-electron chi connectivity index (χ4n) is 2.22. The molecule has 1 aromatic carbocycles. The number of hydrogen-bond acceptors (Lipinski definition) is 5. The molecule has 0 atom stereocenters. The monoisotopic (exact) mass is 453 g/mol. The first-order chi connectivity index (χ1) is 11.5. The molecule has 0 spiro atoms. The van der Waals surface area contributed by atoms with Gasteiger partial charge in [0.05, 0.1) is 22.2 Å². The van der Waals surface area contributed by atoms with E-state index in [1.165, 1.54) is 18.3 Å². The molecule has 3 aromatic rings. The van der Waals surface area contributed by atoms with Crippen LogP contribution in [0.5, 0.6) is 0 Å². The van der Waals surface area contributed by atoms with Gasteiger partial charge in [0, 0.05) is 3.57 Å². The van der Waals surface area contributed by atoms with Crippen molar-refractivity contribution >= 4 is 56.5 Å². The zero-order chi connectivity index (χ0) is 17.3. The molecule has 0 aliphatic rings. The number of fused-ring (bicyclic) bond motifs is 1. The Morgan fingerprint density at radius 2 is 2.12 bits per heavy atom. The average Bonchev–Trinajstić information content (AvgIpc) is 3.04. The lowest BCUT2D eigenvalue weighted by molar-refractivity contribution is -0.124. The van der Waals surface area contributed by atoms with E-state index in [-0.39, 0.29) is 17.8 Å². The van der Waals surface area contributed by atoms with E-state index in [1.54, 1.807) is 12.1 Å². The molecule has 6 nitrogen and oxygen atoms in total. The third kappa shape index (κ3) is 3.39. The van der Waals surface area contributed by atoms with E-state index in [0.29, 0.717) is 16.7 Å². The standard InChI is InChI=1S/C16H12IN3O3S/c1-9(21)7-14(22)19-20-15(13-3-2-6-24-13)18-12-5-4-10(17)8-11(12)16(20)23/h2-6,8H,7H2,1H3,(H,19,22). The summed E-state index contributed by atoms with van der Waals surface area (Å²) >= 11 is 3.52. The number of ketones is 1. The van der Waals surface area contributed by atoms with Gasteiger partial charge in [0.15, 0.2) is 5.82 Å². The fraction of sp³-hybridized carbons (Fsp3) is 0.125. The Hall–Kier alpha value is -2.07. The second kappa shape index (κ2) is 6.81. The Balaban J connectivity index is 2.21. The van der Waals surface area contributed by atoms with Crippen LogP contribution in [0.4, 0.5) is 0 Å². The summed E-state index contributed by atoms with van der Waals surface area (Å²) in [5.41, 5.74) is 2.68. The molecule has 0 radical (unpaired) electrons. The Bertz CT molecular complexity index is 996. The number of thiophene rings is 1. The number of halogens is 1. The predicted octanol–water partition coefficient (Wildman–Crippen LogP) is 2.78. The first-order valence-electron chi connectivity index (χ1n) is 7.01. The fourth-order valence-corrected chi connectivity index (χ4v) is 3.42. The number of aromatic nitrogens is 2. The largest absolute Gasteiger partial charge is 0.299 e. The van der Waals surface area contributed by atoms with E-state index in [1.807, 2.05) is 23.6 Å². The lowest BCUT2D eigenvalue weighted by Crippen LogP contribution is -2.35. The number of rotatable bonds is 4. The molecule has 2 heterocycles. The van der Waals surface area contributed by atoms with E-state index < -0.39 is 5.91 Å². The summed E-state index contributed by atoms with van der Waals surface area (Å²) in [6, 6.07) is 9.02. The van der Waals surface area contributed by atoms with Crippen LogP contribution in [-0.2, 0) is 9.59 Å². The molecule has 0 aliphatic carbocycles. The van der Waals surface area contributed by atoms with Gasteiger partial charge in [-0.25, -0.2) is 4.98 Å². The molecule has 0 saturated carbocycles. The minimum Gasteiger partial charge on any atom is -0.299 e. The summed E-state index contributed by atoms with van der Waals surface area (Å²) in [5.74, 6) is -0.476. The maximum atomic E-state index is 12.8. The quantitative estimate of drug-likeness (QED) is 0.487.